The minimum Gasteiger partial charge on any atom is -0.477 e. The lowest BCUT2D eigenvalue weighted by atomic mass is 10.6. The number of carbonyl (C=O) groups is 1. The van der Waals surface area contributed by atoms with Crippen molar-refractivity contribution in [1.82, 2.24) is 9.97 Å². The van der Waals surface area contributed by atoms with Crippen LogP contribution in [0, 0.1) is 0 Å². The van der Waals surface area contributed by atoms with Gasteiger partial charge >= 0.3 is 6.09 Å². The largest absolute Gasteiger partial charge is 0.477 e. The molecule has 0 spiro atoms. The van der Waals surface area contributed by atoms with Crippen LogP contribution in [0.3, 0.4) is 0 Å². The molecule has 0 atom stereocenters. The third-order valence-corrected chi connectivity index (χ3v) is 1.43. The van der Waals surface area contributed by atoms with E-state index in [9.17, 15) is 4.79 Å². The number of ether oxygens (including phenoxy) is 2. The maximum atomic E-state index is 11.0. The van der Waals surface area contributed by atoms with Gasteiger partial charge in [-0.3, -0.25) is 5.32 Å². The molecule has 6 heteroatoms. The van der Waals surface area contributed by atoms with Crippen molar-refractivity contribution in [3.8, 4) is 5.88 Å². The van der Waals surface area contributed by atoms with E-state index in [2.05, 4.69) is 20.0 Å². The minimum absolute atomic E-state index is 0.316. The molecule has 0 saturated heterocycles. The van der Waals surface area contributed by atoms with E-state index in [1.807, 2.05) is 6.92 Å². The Hall–Kier alpha value is -1.85. The Labute approximate surface area is 87.6 Å². The van der Waals surface area contributed by atoms with Crippen LogP contribution in [0.25, 0.3) is 0 Å². The zero-order valence-electron chi connectivity index (χ0n) is 8.69. The van der Waals surface area contributed by atoms with Crippen LogP contribution in [-0.4, -0.2) is 29.3 Å². The summed E-state index contributed by atoms with van der Waals surface area (Å²) in [5.41, 5.74) is 0. The second kappa shape index (κ2) is 5.79. The summed E-state index contributed by atoms with van der Waals surface area (Å²) < 4.78 is 9.77. The summed E-state index contributed by atoms with van der Waals surface area (Å²) in [7, 11) is 0. The molecule has 6 nitrogen and oxygen atoms in total. The van der Waals surface area contributed by atoms with E-state index in [4.69, 9.17) is 4.74 Å². The maximum absolute atomic E-state index is 11.0. The number of aromatic nitrogens is 2. The normalized spacial score (nSPS) is 9.47. The van der Waals surface area contributed by atoms with Crippen LogP contribution in [-0.2, 0) is 4.74 Å². The molecule has 0 saturated carbocycles. The Balaban J connectivity index is 2.52. The van der Waals surface area contributed by atoms with Crippen LogP contribution in [0.5, 0.6) is 5.88 Å². The highest BCUT2D eigenvalue weighted by Gasteiger charge is 2.03. The van der Waals surface area contributed by atoms with Gasteiger partial charge in [-0.25, -0.2) is 14.8 Å². The van der Waals surface area contributed by atoms with E-state index >= 15 is 0 Å². The van der Waals surface area contributed by atoms with Gasteiger partial charge in [-0.1, -0.05) is 0 Å². The summed E-state index contributed by atoms with van der Waals surface area (Å²) in [6.07, 6.45) is 2.29. The van der Waals surface area contributed by atoms with Crippen molar-refractivity contribution < 1.29 is 14.3 Å². The van der Waals surface area contributed by atoms with Crippen LogP contribution in [0.1, 0.15) is 13.8 Å². The molecule has 0 aliphatic carbocycles. The van der Waals surface area contributed by atoms with Gasteiger partial charge in [0.15, 0.2) is 5.82 Å². The highest BCUT2D eigenvalue weighted by molar-refractivity contribution is 5.82. The monoisotopic (exact) mass is 211 g/mol. The summed E-state index contributed by atoms with van der Waals surface area (Å²) in [6.45, 7) is 4.42. The molecule has 0 aliphatic heterocycles. The van der Waals surface area contributed by atoms with Crippen molar-refractivity contribution in [2.24, 2.45) is 0 Å². The van der Waals surface area contributed by atoms with Crippen LogP contribution in [0.15, 0.2) is 12.4 Å². The molecule has 0 aromatic carbocycles. The first kappa shape index (κ1) is 11.2. The summed E-state index contributed by atoms with van der Waals surface area (Å²) in [5, 5.41) is 2.42. The Morgan fingerprint density at radius 2 is 2.13 bits per heavy atom. The van der Waals surface area contributed by atoms with Gasteiger partial charge in [-0.15, -0.1) is 0 Å². The second-order valence-corrected chi connectivity index (χ2v) is 2.52. The summed E-state index contributed by atoms with van der Waals surface area (Å²) in [6, 6.07) is 0. The average molecular weight is 211 g/mol. The average Bonchev–Trinajstić information content (AvgIpc) is 2.22. The smallest absolute Gasteiger partial charge is 0.412 e. The molecule has 15 heavy (non-hydrogen) atoms. The Bertz CT molecular complexity index is 313. The molecule has 1 aromatic heterocycles. The van der Waals surface area contributed by atoms with Crippen LogP contribution >= 0.6 is 0 Å². The maximum Gasteiger partial charge on any atom is 0.412 e. The number of hydrogen-bond acceptors (Lipinski definition) is 5. The topological polar surface area (TPSA) is 73.3 Å². The second-order valence-electron chi connectivity index (χ2n) is 2.52. The van der Waals surface area contributed by atoms with Gasteiger partial charge in [0.25, 0.3) is 0 Å². The van der Waals surface area contributed by atoms with Crippen molar-refractivity contribution in [2.45, 2.75) is 13.8 Å². The molecule has 0 radical (unpaired) electrons. The van der Waals surface area contributed by atoms with Gasteiger partial charge in [-0.05, 0) is 13.8 Å². The summed E-state index contributed by atoms with van der Waals surface area (Å²) >= 11 is 0. The fourth-order valence-electron chi connectivity index (χ4n) is 0.875. The van der Waals surface area contributed by atoms with Gasteiger partial charge in [0.2, 0.25) is 5.88 Å². The molecule has 0 unspecified atom stereocenters. The third-order valence-electron chi connectivity index (χ3n) is 1.43. The Morgan fingerprint density at radius 3 is 2.67 bits per heavy atom. The summed E-state index contributed by atoms with van der Waals surface area (Å²) in [4.78, 5) is 18.8. The van der Waals surface area contributed by atoms with Crippen LogP contribution in [0.2, 0.25) is 0 Å². The highest BCUT2D eigenvalue weighted by atomic mass is 16.5. The molecular formula is C9H13N3O3. The predicted octanol–water partition coefficient (Wildman–Crippen LogP) is 1.44. The number of hydrogen-bond donors (Lipinski definition) is 1. The first-order chi connectivity index (χ1) is 7.26. The van der Waals surface area contributed by atoms with Crippen molar-refractivity contribution in [1.29, 1.82) is 0 Å². The lowest BCUT2D eigenvalue weighted by Crippen LogP contribution is -2.14. The highest BCUT2D eigenvalue weighted by Crippen LogP contribution is 2.07. The van der Waals surface area contributed by atoms with Crippen molar-refractivity contribution in [3.05, 3.63) is 12.4 Å². The first-order valence-corrected chi connectivity index (χ1v) is 4.64. The lowest BCUT2D eigenvalue weighted by molar-refractivity contribution is 0.168. The zero-order valence-corrected chi connectivity index (χ0v) is 8.69. The van der Waals surface area contributed by atoms with Gasteiger partial charge in [0.1, 0.15) is 0 Å². The van der Waals surface area contributed by atoms with Gasteiger partial charge in [0.05, 0.1) is 25.6 Å². The molecule has 1 heterocycles. The van der Waals surface area contributed by atoms with E-state index in [-0.39, 0.29) is 0 Å². The molecule has 1 amide bonds. The standard InChI is InChI=1S/C9H13N3O3/c1-3-14-8-6-10-7(5-11-8)12-9(13)15-4-2/h5-6H,3-4H2,1-2H3,(H,10,12,13). The molecule has 0 aliphatic rings. The van der Waals surface area contributed by atoms with E-state index in [0.717, 1.165) is 0 Å². The molecular weight excluding hydrogens is 198 g/mol. The van der Waals surface area contributed by atoms with E-state index < -0.39 is 6.09 Å². The molecule has 1 aromatic rings. The molecule has 1 N–H and O–H groups in total. The predicted molar refractivity (Wildman–Crippen MR) is 53.8 cm³/mol. The fourth-order valence-corrected chi connectivity index (χ4v) is 0.875. The fraction of sp³-hybridized carbons (Fsp3) is 0.444. The zero-order chi connectivity index (χ0) is 11.1. The van der Waals surface area contributed by atoms with Crippen LogP contribution < -0.4 is 10.1 Å². The number of nitrogens with zero attached hydrogens (tertiary/aromatic N) is 2. The Kier molecular flexibility index (Phi) is 4.33. The lowest BCUT2D eigenvalue weighted by Gasteiger charge is -2.04. The molecule has 1 rings (SSSR count). The van der Waals surface area contributed by atoms with Gasteiger partial charge in [0, 0.05) is 0 Å². The van der Waals surface area contributed by atoms with Crippen LogP contribution in [0.4, 0.5) is 10.6 Å². The number of amides is 1. The number of anilines is 1. The van der Waals surface area contributed by atoms with E-state index in [1.165, 1.54) is 12.4 Å². The van der Waals surface area contributed by atoms with Gasteiger partial charge < -0.3 is 9.47 Å². The Morgan fingerprint density at radius 1 is 1.33 bits per heavy atom. The minimum atomic E-state index is -0.545. The first-order valence-electron chi connectivity index (χ1n) is 4.64. The van der Waals surface area contributed by atoms with E-state index in [0.29, 0.717) is 24.9 Å². The number of carbonyl (C=O) groups excluding carboxylic acids is 1. The van der Waals surface area contributed by atoms with Crippen molar-refractivity contribution in [3.63, 3.8) is 0 Å². The van der Waals surface area contributed by atoms with Gasteiger partial charge in [-0.2, -0.15) is 0 Å². The SMILES string of the molecule is CCOC(=O)Nc1cnc(OCC)cn1. The molecule has 0 fully saturated rings. The van der Waals surface area contributed by atoms with Crippen molar-refractivity contribution in [2.75, 3.05) is 18.5 Å². The molecule has 0 bridgehead atoms. The summed E-state index contributed by atoms with van der Waals surface area (Å²) in [5.74, 6) is 0.754. The van der Waals surface area contributed by atoms with Crippen molar-refractivity contribution >= 4 is 11.9 Å². The third kappa shape index (κ3) is 3.80. The number of rotatable bonds is 4. The number of nitrogens with one attached hydrogen (secondary N) is 1. The molecule has 82 valence electrons. The quantitative estimate of drug-likeness (QED) is 0.815. The van der Waals surface area contributed by atoms with E-state index in [1.54, 1.807) is 6.92 Å².